The zero-order chi connectivity index (χ0) is 12.9. The molecule has 0 fully saturated rings. The van der Waals surface area contributed by atoms with Crippen molar-refractivity contribution in [1.82, 2.24) is 0 Å². The largest absolute Gasteiger partial charge is 0.482 e. The molecule has 1 aromatic carbocycles. The van der Waals surface area contributed by atoms with Crippen LogP contribution in [0, 0.1) is 0 Å². The van der Waals surface area contributed by atoms with E-state index < -0.39 is 21.7 Å². The van der Waals surface area contributed by atoms with Gasteiger partial charge in [-0.2, -0.15) is 0 Å². The van der Waals surface area contributed by atoms with E-state index in [9.17, 15) is 13.2 Å². The Morgan fingerprint density at radius 2 is 1.88 bits per heavy atom. The molecule has 0 aliphatic carbocycles. The predicted molar refractivity (Wildman–Crippen MR) is 58.2 cm³/mol. The van der Waals surface area contributed by atoms with Crippen LogP contribution in [0.4, 0.5) is 0 Å². The molecule has 1 N–H and O–H groups in total. The summed E-state index contributed by atoms with van der Waals surface area (Å²) in [6, 6.07) is 5.37. The molecule has 1 aromatic rings. The molecule has 0 spiro atoms. The van der Waals surface area contributed by atoms with E-state index in [1.165, 1.54) is 31.4 Å². The lowest BCUT2D eigenvalue weighted by atomic mass is 10.3. The minimum atomic E-state index is -3.64. The first-order valence-electron chi connectivity index (χ1n) is 4.63. The summed E-state index contributed by atoms with van der Waals surface area (Å²) in [7, 11) is -2.40. The lowest BCUT2D eigenvalue weighted by Crippen LogP contribution is -2.12. The van der Waals surface area contributed by atoms with Crippen molar-refractivity contribution >= 4 is 15.8 Å². The summed E-state index contributed by atoms with van der Waals surface area (Å²) in [5, 5.41) is 8.64. The zero-order valence-corrected chi connectivity index (χ0v) is 9.94. The molecule has 0 saturated heterocycles. The van der Waals surface area contributed by atoms with E-state index in [0.717, 1.165) is 0 Å². The highest BCUT2D eigenvalue weighted by atomic mass is 32.2. The van der Waals surface area contributed by atoms with Crippen LogP contribution in [0.3, 0.4) is 0 Å². The summed E-state index contributed by atoms with van der Waals surface area (Å²) in [6.07, 6.45) is 0. The third-order valence-electron chi connectivity index (χ3n) is 1.94. The van der Waals surface area contributed by atoms with E-state index >= 15 is 0 Å². The smallest absolute Gasteiger partial charge is 0.343 e. The number of esters is 1. The number of carbonyl (C=O) groups excluding carboxylic acids is 1. The summed E-state index contributed by atoms with van der Waals surface area (Å²) >= 11 is 0. The highest BCUT2D eigenvalue weighted by Crippen LogP contribution is 2.16. The fourth-order valence-electron chi connectivity index (χ4n) is 1.02. The van der Waals surface area contributed by atoms with E-state index in [1.54, 1.807) is 0 Å². The maximum absolute atomic E-state index is 11.3. The molecule has 0 aromatic heterocycles. The van der Waals surface area contributed by atoms with E-state index in [4.69, 9.17) is 9.84 Å². The SMILES string of the molecule is COC(=O)COc1ccc(S(=O)(=O)CO)cc1. The summed E-state index contributed by atoms with van der Waals surface area (Å²) in [5.74, 6) is -1.14. The minimum Gasteiger partial charge on any atom is -0.482 e. The monoisotopic (exact) mass is 260 g/mol. The number of ether oxygens (including phenoxy) is 2. The molecule has 94 valence electrons. The van der Waals surface area contributed by atoms with Crippen LogP contribution in [0.15, 0.2) is 29.2 Å². The standard InChI is InChI=1S/C10H12O6S/c1-15-10(12)6-16-8-2-4-9(5-3-8)17(13,14)7-11/h2-5,11H,6-7H2,1H3. The van der Waals surface area contributed by atoms with E-state index in [0.29, 0.717) is 5.75 Å². The van der Waals surface area contributed by atoms with Gasteiger partial charge in [0.05, 0.1) is 12.0 Å². The molecule has 0 bridgehead atoms. The highest BCUT2D eigenvalue weighted by molar-refractivity contribution is 7.91. The van der Waals surface area contributed by atoms with Crippen LogP contribution in [-0.2, 0) is 19.4 Å². The quantitative estimate of drug-likeness (QED) is 0.747. The molecular formula is C10H12O6S. The second kappa shape index (κ2) is 5.65. The Morgan fingerprint density at radius 1 is 1.29 bits per heavy atom. The van der Waals surface area contributed by atoms with Crippen molar-refractivity contribution in [1.29, 1.82) is 0 Å². The normalized spacial score (nSPS) is 10.9. The van der Waals surface area contributed by atoms with Crippen LogP contribution in [0.25, 0.3) is 0 Å². The number of benzene rings is 1. The van der Waals surface area contributed by atoms with Gasteiger partial charge in [-0.15, -0.1) is 0 Å². The summed E-state index contributed by atoms with van der Waals surface area (Å²) in [5.41, 5.74) is 0. The molecule has 6 nitrogen and oxygen atoms in total. The fourth-order valence-corrected chi connectivity index (χ4v) is 1.72. The minimum absolute atomic E-state index is 0.00887. The first-order valence-corrected chi connectivity index (χ1v) is 6.28. The molecule has 0 aliphatic heterocycles. The van der Waals surface area contributed by atoms with Crippen LogP contribution >= 0.6 is 0 Å². The second-order valence-electron chi connectivity index (χ2n) is 3.08. The Hall–Kier alpha value is -1.60. The van der Waals surface area contributed by atoms with E-state index in [1.807, 2.05) is 0 Å². The highest BCUT2D eigenvalue weighted by Gasteiger charge is 2.12. The summed E-state index contributed by atoms with van der Waals surface area (Å²) in [4.78, 5) is 10.8. The van der Waals surface area contributed by atoms with Gasteiger partial charge in [-0.1, -0.05) is 0 Å². The van der Waals surface area contributed by atoms with Crippen LogP contribution in [0.1, 0.15) is 0 Å². The third-order valence-corrected chi connectivity index (χ3v) is 3.27. The van der Waals surface area contributed by atoms with Crippen molar-refractivity contribution in [2.45, 2.75) is 4.90 Å². The fraction of sp³-hybridized carbons (Fsp3) is 0.300. The number of sulfone groups is 1. The number of carbonyl (C=O) groups is 1. The van der Waals surface area contributed by atoms with Gasteiger partial charge in [0, 0.05) is 0 Å². The first-order chi connectivity index (χ1) is 7.99. The molecule has 1 rings (SSSR count). The van der Waals surface area contributed by atoms with Gasteiger partial charge in [0.1, 0.15) is 11.7 Å². The molecule has 0 amide bonds. The van der Waals surface area contributed by atoms with Crippen molar-refractivity contribution in [2.24, 2.45) is 0 Å². The number of aliphatic hydroxyl groups is 1. The van der Waals surface area contributed by atoms with Crippen molar-refractivity contribution in [3.63, 3.8) is 0 Å². The summed E-state index contributed by atoms with van der Waals surface area (Å²) in [6.45, 7) is -0.247. The molecule has 0 heterocycles. The number of hydrogen-bond donors (Lipinski definition) is 1. The number of hydrogen-bond acceptors (Lipinski definition) is 6. The van der Waals surface area contributed by atoms with Crippen LogP contribution in [0.2, 0.25) is 0 Å². The first kappa shape index (κ1) is 13.5. The van der Waals surface area contributed by atoms with Gasteiger partial charge in [-0.3, -0.25) is 0 Å². The Balaban J connectivity index is 2.72. The van der Waals surface area contributed by atoms with Gasteiger partial charge < -0.3 is 14.6 Å². The van der Waals surface area contributed by atoms with Gasteiger partial charge in [0.25, 0.3) is 0 Å². The predicted octanol–water partition coefficient (Wildman–Crippen LogP) is -0.0381. The maximum Gasteiger partial charge on any atom is 0.343 e. The molecule has 0 unspecified atom stereocenters. The van der Waals surface area contributed by atoms with Crippen molar-refractivity contribution in [2.75, 3.05) is 19.7 Å². The molecule has 7 heteroatoms. The van der Waals surface area contributed by atoms with Crippen molar-refractivity contribution in [3.05, 3.63) is 24.3 Å². The molecular weight excluding hydrogens is 248 g/mol. The Morgan fingerprint density at radius 3 is 2.35 bits per heavy atom. The average Bonchev–Trinajstić information content (AvgIpc) is 2.36. The Bertz CT molecular complexity index is 476. The topological polar surface area (TPSA) is 89.9 Å². The lowest BCUT2D eigenvalue weighted by molar-refractivity contribution is -0.142. The maximum atomic E-state index is 11.3. The third kappa shape index (κ3) is 3.72. The number of methoxy groups -OCH3 is 1. The Kier molecular flexibility index (Phi) is 4.47. The summed E-state index contributed by atoms with van der Waals surface area (Å²) < 4.78 is 31.9. The van der Waals surface area contributed by atoms with Gasteiger partial charge in [0.2, 0.25) is 9.84 Å². The molecule has 0 aliphatic rings. The van der Waals surface area contributed by atoms with E-state index in [2.05, 4.69) is 4.74 Å². The van der Waals surface area contributed by atoms with E-state index in [-0.39, 0.29) is 11.5 Å². The molecule has 0 saturated carbocycles. The Labute approximate surface area is 98.7 Å². The molecule has 0 radical (unpaired) electrons. The van der Waals surface area contributed by atoms with Gasteiger partial charge in [0.15, 0.2) is 6.61 Å². The van der Waals surface area contributed by atoms with Crippen molar-refractivity contribution in [3.8, 4) is 5.75 Å². The second-order valence-corrected chi connectivity index (χ2v) is 5.04. The number of aliphatic hydroxyl groups excluding tert-OH is 1. The average molecular weight is 260 g/mol. The van der Waals surface area contributed by atoms with Gasteiger partial charge >= 0.3 is 5.97 Å². The van der Waals surface area contributed by atoms with Crippen LogP contribution in [-0.4, -0.2) is 39.1 Å². The lowest BCUT2D eigenvalue weighted by Gasteiger charge is -2.05. The van der Waals surface area contributed by atoms with Gasteiger partial charge in [-0.05, 0) is 24.3 Å². The zero-order valence-electron chi connectivity index (χ0n) is 9.12. The van der Waals surface area contributed by atoms with Gasteiger partial charge in [-0.25, -0.2) is 13.2 Å². The van der Waals surface area contributed by atoms with Crippen LogP contribution in [0.5, 0.6) is 5.75 Å². The molecule has 0 atom stereocenters. The van der Waals surface area contributed by atoms with Crippen LogP contribution < -0.4 is 4.74 Å². The number of rotatable bonds is 5. The van der Waals surface area contributed by atoms with Crippen molar-refractivity contribution < 1.29 is 27.8 Å². The molecule has 17 heavy (non-hydrogen) atoms.